The van der Waals surface area contributed by atoms with Gasteiger partial charge >= 0.3 is 0 Å². The van der Waals surface area contributed by atoms with Gasteiger partial charge in [-0.05, 0) is 25.3 Å². The number of nitrogens with zero attached hydrogens (tertiary/aromatic N) is 1. The topological polar surface area (TPSA) is 3.24 Å². The highest BCUT2D eigenvalue weighted by molar-refractivity contribution is 5.11. The average molecular weight is 123 g/mol. The minimum atomic E-state index is 0.860. The van der Waals surface area contributed by atoms with E-state index >= 15 is 0 Å². The molecule has 0 saturated carbocycles. The van der Waals surface area contributed by atoms with Gasteiger partial charge in [0.05, 0.1) is 0 Å². The number of rotatable bonds is 0. The molecule has 0 aromatic heterocycles. The maximum Gasteiger partial charge on any atom is 0.0193 e. The fourth-order valence-corrected chi connectivity index (χ4v) is 1.95. The van der Waals surface area contributed by atoms with E-state index in [9.17, 15) is 0 Å². The lowest BCUT2D eigenvalue weighted by atomic mass is 9.98. The molecule has 2 heterocycles. The molecule has 2 aliphatic rings. The van der Waals surface area contributed by atoms with Crippen LogP contribution in [0.3, 0.4) is 0 Å². The molecule has 9 heavy (non-hydrogen) atoms. The standard InChI is InChI=1S/C8H13N/c1-7-5-9-4-2-3-8(7)6-9/h8H,1-6H2. The van der Waals surface area contributed by atoms with E-state index in [0.717, 1.165) is 5.92 Å². The molecule has 2 atom stereocenters. The Morgan fingerprint density at radius 1 is 1.56 bits per heavy atom. The quantitative estimate of drug-likeness (QED) is 0.438. The third kappa shape index (κ3) is 0.799. The summed E-state index contributed by atoms with van der Waals surface area (Å²) in [6.07, 6.45) is 2.79. The van der Waals surface area contributed by atoms with Crippen molar-refractivity contribution in [2.75, 3.05) is 19.6 Å². The van der Waals surface area contributed by atoms with E-state index < -0.39 is 0 Å². The highest BCUT2D eigenvalue weighted by atomic mass is 15.2. The van der Waals surface area contributed by atoms with Crippen molar-refractivity contribution in [3.8, 4) is 0 Å². The summed E-state index contributed by atoms with van der Waals surface area (Å²) < 4.78 is 0. The Balaban J connectivity index is 2.15. The van der Waals surface area contributed by atoms with E-state index in [1.165, 1.54) is 38.0 Å². The third-order valence-corrected chi connectivity index (χ3v) is 2.51. The molecular formula is C8H13N. The van der Waals surface area contributed by atoms with Gasteiger partial charge in [-0.1, -0.05) is 12.2 Å². The SMILES string of the molecule is C=C1CN2CCCC1C2. The van der Waals surface area contributed by atoms with Gasteiger partial charge in [-0.15, -0.1) is 0 Å². The zero-order chi connectivity index (χ0) is 6.27. The Hall–Kier alpha value is -0.300. The predicted molar refractivity (Wildman–Crippen MR) is 38.3 cm³/mol. The summed E-state index contributed by atoms with van der Waals surface area (Å²) in [5.41, 5.74) is 1.48. The molecule has 2 rings (SSSR count). The minimum absolute atomic E-state index is 0.860. The van der Waals surface area contributed by atoms with E-state index in [0.29, 0.717) is 0 Å². The first-order chi connectivity index (χ1) is 4.36. The van der Waals surface area contributed by atoms with Crippen molar-refractivity contribution in [3.05, 3.63) is 12.2 Å². The summed E-state index contributed by atoms with van der Waals surface area (Å²) in [6.45, 7) is 7.86. The molecule has 2 aliphatic heterocycles. The van der Waals surface area contributed by atoms with Crippen LogP contribution in [0.1, 0.15) is 12.8 Å². The Kier molecular flexibility index (Phi) is 1.12. The smallest absolute Gasteiger partial charge is 0.0193 e. The van der Waals surface area contributed by atoms with E-state index in [1.807, 2.05) is 0 Å². The first-order valence-corrected chi connectivity index (χ1v) is 3.76. The van der Waals surface area contributed by atoms with Crippen molar-refractivity contribution >= 4 is 0 Å². The molecule has 50 valence electrons. The molecule has 2 saturated heterocycles. The molecule has 1 nitrogen and oxygen atoms in total. The molecule has 0 radical (unpaired) electrons. The van der Waals surface area contributed by atoms with Crippen LogP contribution in [0.15, 0.2) is 12.2 Å². The maximum absolute atomic E-state index is 4.06. The minimum Gasteiger partial charge on any atom is -0.299 e. The second-order valence-corrected chi connectivity index (χ2v) is 3.23. The van der Waals surface area contributed by atoms with Crippen LogP contribution < -0.4 is 0 Å². The summed E-state index contributed by atoms with van der Waals surface area (Å²) in [6, 6.07) is 0. The third-order valence-electron chi connectivity index (χ3n) is 2.51. The van der Waals surface area contributed by atoms with Crippen LogP contribution in [0.4, 0.5) is 0 Å². The molecule has 0 aromatic rings. The molecule has 1 heteroatoms. The van der Waals surface area contributed by atoms with Crippen molar-refractivity contribution in [2.24, 2.45) is 5.92 Å². The maximum atomic E-state index is 4.06. The number of piperidine rings is 1. The molecule has 0 spiro atoms. The normalized spacial score (nSPS) is 41.6. The van der Waals surface area contributed by atoms with Gasteiger partial charge in [0.1, 0.15) is 0 Å². The van der Waals surface area contributed by atoms with E-state index in [2.05, 4.69) is 11.5 Å². The van der Waals surface area contributed by atoms with E-state index in [4.69, 9.17) is 0 Å². The van der Waals surface area contributed by atoms with Gasteiger partial charge in [0, 0.05) is 13.1 Å². The summed E-state index contributed by atoms with van der Waals surface area (Å²) in [5, 5.41) is 0. The van der Waals surface area contributed by atoms with Gasteiger partial charge < -0.3 is 0 Å². The van der Waals surface area contributed by atoms with Crippen molar-refractivity contribution in [1.29, 1.82) is 0 Å². The molecule has 2 fully saturated rings. The molecule has 2 unspecified atom stereocenters. The van der Waals surface area contributed by atoms with Gasteiger partial charge in [-0.25, -0.2) is 0 Å². The molecule has 0 aliphatic carbocycles. The average Bonchev–Trinajstić information content (AvgIpc) is 2.09. The van der Waals surface area contributed by atoms with Crippen LogP contribution in [-0.2, 0) is 0 Å². The fourth-order valence-electron chi connectivity index (χ4n) is 1.95. The summed E-state index contributed by atoms with van der Waals surface area (Å²) in [4.78, 5) is 2.51. The second kappa shape index (κ2) is 1.84. The van der Waals surface area contributed by atoms with Crippen LogP contribution in [0.25, 0.3) is 0 Å². The zero-order valence-electron chi connectivity index (χ0n) is 5.77. The van der Waals surface area contributed by atoms with E-state index in [-0.39, 0.29) is 0 Å². The van der Waals surface area contributed by atoms with Gasteiger partial charge in [-0.2, -0.15) is 0 Å². The molecule has 2 bridgehead atoms. The highest BCUT2D eigenvalue weighted by Gasteiger charge is 2.28. The first kappa shape index (κ1) is 5.48. The van der Waals surface area contributed by atoms with Gasteiger partial charge in [0.25, 0.3) is 0 Å². The Bertz CT molecular complexity index is 140. The Morgan fingerprint density at radius 3 is 3.11 bits per heavy atom. The molecule has 0 aromatic carbocycles. The molecule has 0 N–H and O–H groups in total. The van der Waals surface area contributed by atoms with Crippen molar-refractivity contribution in [1.82, 2.24) is 4.90 Å². The van der Waals surface area contributed by atoms with Crippen molar-refractivity contribution in [3.63, 3.8) is 0 Å². The highest BCUT2D eigenvalue weighted by Crippen LogP contribution is 2.29. The number of hydrogen-bond donors (Lipinski definition) is 0. The van der Waals surface area contributed by atoms with Crippen LogP contribution in [0.2, 0.25) is 0 Å². The first-order valence-electron chi connectivity index (χ1n) is 3.76. The van der Waals surface area contributed by atoms with Crippen molar-refractivity contribution in [2.45, 2.75) is 12.8 Å². The predicted octanol–water partition coefficient (Wildman–Crippen LogP) is 1.27. The number of hydrogen-bond acceptors (Lipinski definition) is 1. The van der Waals surface area contributed by atoms with Crippen LogP contribution >= 0.6 is 0 Å². The fraction of sp³-hybridized carbons (Fsp3) is 0.750. The monoisotopic (exact) mass is 123 g/mol. The van der Waals surface area contributed by atoms with Gasteiger partial charge in [0.15, 0.2) is 0 Å². The summed E-state index contributed by atoms with van der Waals surface area (Å²) >= 11 is 0. The largest absolute Gasteiger partial charge is 0.299 e. The van der Waals surface area contributed by atoms with Crippen molar-refractivity contribution < 1.29 is 0 Å². The number of fused-ring (bicyclic) bond motifs is 2. The zero-order valence-corrected chi connectivity index (χ0v) is 5.77. The lowest BCUT2D eigenvalue weighted by Crippen LogP contribution is -2.25. The van der Waals surface area contributed by atoms with Crippen LogP contribution in [0.5, 0.6) is 0 Å². The lowest BCUT2D eigenvalue weighted by Gasteiger charge is -2.20. The molecular weight excluding hydrogens is 110 g/mol. The summed E-state index contributed by atoms with van der Waals surface area (Å²) in [7, 11) is 0. The lowest BCUT2D eigenvalue weighted by molar-refractivity contribution is 0.270. The van der Waals surface area contributed by atoms with E-state index in [1.54, 1.807) is 0 Å². The Labute approximate surface area is 56.4 Å². The van der Waals surface area contributed by atoms with Crippen LogP contribution in [0, 0.1) is 5.92 Å². The van der Waals surface area contributed by atoms with Crippen LogP contribution in [-0.4, -0.2) is 24.5 Å². The summed E-state index contributed by atoms with van der Waals surface area (Å²) in [5.74, 6) is 0.860. The second-order valence-electron chi connectivity index (χ2n) is 3.23. The van der Waals surface area contributed by atoms with Gasteiger partial charge in [0.2, 0.25) is 0 Å². The van der Waals surface area contributed by atoms with Gasteiger partial charge in [-0.3, -0.25) is 4.90 Å². The Morgan fingerprint density at radius 2 is 2.44 bits per heavy atom. The molecule has 0 amide bonds.